The number of hydrogen-bond donors (Lipinski definition) is 1. The van der Waals surface area contributed by atoms with Gasteiger partial charge in [0, 0.05) is 24.5 Å². The molecule has 1 saturated heterocycles. The van der Waals surface area contributed by atoms with Crippen molar-refractivity contribution in [3.63, 3.8) is 0 Å². The number of benzene rings is 2. The maximum absolute atomic E-state index is 13.1. The van der Waals surface area contributed by atoms with E-state index in [-0.39, 0.29) is 19.5 Å². The van der Waals surface area contributed by atoms with Crippen LogP contribution in [-0.2, 0) is 20.8 Å². The third kappa shape index (κ3) is 3.80. The fourth-order valence-corrected chi connectivity index (χ4v) is 3.96. The van der Waals surface area contributed by atoms with Gasteiger partial charge in [0.2, 0.25) is 0 Å². The lowest BCUT2D eigenvalue weighted by molar-refractivity contribution is -0.162. The van der Waals surface area contributed by atoms with Crippen molar-refractivity contribution in [2.45, 2.75) is 18.9 Å². The normalized spacial score (nSPS) is 16.2. The van der Waals surface area contributed by atoms with Crippen molar-refractivity contribution in [1.82, 2.24) is 25.1 Å². The lowest BCUT2D eigenvalue weighted by Gasteiger charge is -2.42. The minimum atomic E-state index is -1.59. The van der Waals surface area contributed by atoms with Crippen LogP contribution < -0.4 is 4.90 Å². The van der Waals surface area contributed by atoms with Crippen molar-refractivity contribution in [3.05, 3.63) is 65.4 Å². The average Bonchev–Trinajstić information content (AvgIpc) is 3.30. The van der Waals surface area contributed by atoms with E-state index < -0.39 is 23.3 Å². The number of carbonyl (C=O) groups excluding carboxylic acids is 2. The Hall–Kier alpha value is -3.79. The minimum absolute atomic E-state index is 0.0295. The Morgan fingerprint density at radius 1 is 1.09 bits per heavy atom. The number of halogens is 1. The van der Waals surface area contributed by atoms with Gasteiger partial charge in [0.05, 0.1) is 11.4 Å². The number of carboxylic acid groups (broad SMARTS) is 1. The molecule has 4 rings (SSSR count). The van der Waals surface area contributed by atoms with Gasteiger partial charge in [0.15, 0.2) is 0 Å². The molecule has 1 aliphatic rings. The highest BCUT2D eigenvalue weighted by Gasteiger charge is 2.48. The van der Waals surface area contributed by atoms with Crippen molar-refractivity contribution in [2.75, 3.05) is 18.0 Å². The third-order valence-corrected chi connectivity index (χ3v) is 5.73. The van der Waals surface area contributed by atoms with Crippen LogP contribution in [0, 0.1) is 0 Å². The number of piperazine rings is 1. The smallest absolute Gasteiger partial charge is 0.329 e. The van der Waals surface area contributed by atoms with Crippen LogP contribution in [0.5, 0.6) is 0 Å². The molecule has 0 unspecified atom stereocenters. The summed E-state index contributed by atoms with van der Waals surface area (Å²) in [4.78, 5) is 40.9. The van der Waals surface area contributed by atoms with Gasteiger partial charge in [-0.05, 0) is 41.1 Å². The number of tetrazole rings is 1. The molecule has 1 N–H and O–H groups in total. The fourth-order valence-electron chi connectivity index (χ4n) is 3.79. The highest BCUT2D eigenvalue weighted by molar-refractivity contribution is 6.41. The van der Waals surface area contributed by atoms with Crippen LogP contribution >= 0.6 is 11.6 Å². The number of rotatable bonds is 6. The Morgan fingerprint density at radius 2 is 1.84 bits per heavy atom. The monoisotopic (exact) mass is 454 g/mol. The van der Waals surface area contributed by atoms with Gasteiger partial charge in [0.25, 0.3) is 0 Å². The van der Waals surface area contributed by atoms with E-state index in [9.17, 15) is 19.5 Å². The Labute approximate surface area is 188 Å². The van der Waals surface area contributed by atoms with Gasteiger partial charge >= 0.3 is 17.8 Å². The van der Waals surface area contributed by atoms with Gasteiger partial charge in [-0.25, -0.2) is 4.79 Å². The van der Waals surface area contributed by atoms with E-state index >= 15 is 0 Å². The molecule has 3 aromatic rings. The number of nitrogens with zero attached hydrogens (tertiary/aromatic N) is 6. The third-order valence-electron chi connectivity index (χ3n) is 5.49. The number of carbonyl (C=O) groups is 3. The highest BCUT2D eigenvalue weighted by Crippen LogP contribution is 2.31. The molecule has 2 amide bonds. The summed E-state index contributed by atoms with van der Waals surface area (Å²) in [5, 5.41) is 21.4. The zero-order valence-corrected chi connectivity index (χ0v) is 17.8. The van der Waals surface area contributed by atoms with E-state index in [1.54, 1.807) is 42.5 Å². The lowest BCUT2D eigenvalue weighted by Crippen LogP contribution is -2.65. The number of carboxylic acids is 1. The van der Waals surface area contributed by atoms with E-state index in [2.05, 4.69) is 15.5 Å². The maximum Gasteiger partial charge on any atom is 0.329 e. The number of hydrogen-bond acceptors (Lipinski definition) is 6. The summed E-state index contributed by atoms with van der Waals surface area (Å²) in [7, 11) is 0. The molecule has 1 atom stereocenters. The van der Waals surface area contributed by atoms with E-state index in [1.165, 1.54) is 22.8 Å². The molecule has 1 aromatic heterocycles. The number of amides is 2. The topological polar surface area (TPSA) is 122 Å². The minimum Gasteiger partial charge on any atom is -0.479 e. The molecular formula is C21H19ClN6O4. The molecule has 0 radical (unpaired) electrons. The van der Waals surface area contributed by atoms with Gasteiger partial charge in [-0.3, -0.25) is 9.59 Å². The number of aliphatic carboxylic acids is 1. The van der Waals surface area contributed by atoms with Crippen molar-refractivity contribution in [1.29, 1.82) is 0 Å². The molecule has 0 aliphatic carbocycles. The Balaban J connectivity index is 1.66. The average molecular weight is 455 g/mol. The fraction of sp³-hybridized carbons (Fsp3) is 0.238. The van der Waals surface area contributed by atoms with Gasteiger partial charge in [0.1, 0.15) is 11.9 Å². The van der Waals surface area contributed by atoms with Crippen molar-refractivity contribution < 1.29 is 19.5 Å². The molecule has 11 heteroatoms. The first-order chi connectivity index (χ1) is 15.3. The van der Waals surface area contributed by atoms with E-state index in [1.807, 2.05) is 6.07 Å². The molecule has 1 aliphatic heterocycles. The number of anilines is 1. The van der Waals surface area contributed by atoms with Crippen molar-refractivity contribution >= 4 is 35.1 Å². The molecule has 10 nitrogen and oxygen atoms in total. The van der Waals surface area contributed by atoms with Crippen LogP contribution in [0.25, 0.3) is 5.69 Å². The maximum atomic E-state index is 13.1. The summed E-state index contributed by atoms with van der Waals surface area (Å²) in [5.74, 6) is -2.94. The van der Waals surface area contributed by atoms with Gasteiger partial charge < -0.3 is 14.9 Å². The molecule has 2 aromatic carbocycles. The second-order valence-corrected chi connectivity index (χ2v) is 7.98. The number of aromatic nitrogens is 4. The van der Waals surface area contributed by atoms with Crippen LogP contribution in [0.4, 0.5) is 5.69 Å². The van der Waals surface area contributed by atoms with Crippen LogP contribution in [0.15, 0.2) is 54.9 Å². The van der Waals surface area contributed by atoms with Crippen molar-refractivity contribution in [2.24, 2.45) is 0 Å². The summed E-state index contributed by atoms with van der Waals surface area (Å²) in [5.41, 5.74) is -0.0363. The van der Waals surface area contributed by atoms with Crippen LogP contribution in [0.2, 0.25) is 5.02 Å². The molecule has 0 bridgehead atoms. The first-order valence-electron chi connectivity index (χ1n) is 9.75. The molecule has 0 saturated carbocycles. The second kappa shape index (κ2) is 8.39. The van der Waals surface area contributed by atoms with E-state index in [0.29, 0.717) is 16.4 Å². The summed E-state index contributed by atoms with van der Waals surface area (Å²) >= 11 is 6.14. The van der Waals surface area contributed by atoms with Gasteiger partial charge in [-0.15, -0.1) is 5.10 Å². The quantitative estimate of drug-likeness (QED) is 0.561. The Bertz CT molecular complexity index is 1170. The first kappa shape index (κ1) is 21.4. The second-order valence-electron chi connectivity index (χ2n) is 7.54. The zero-order valence-electron chi connectivity index (χ0n) is 17.1. The Morgan fingerprint density at radius 3 is 2.50 bits per heavy atom. The van der Waals surface area contributed by atoms with E-state index in [0.717, 1.165) is 10.5 Å². The predicted octanol–water partition coefficient (Wildman–Crippen LogP) is 1.58. The van der Waals surface area contributed by atoms with Gasteiger partial charge in [-0.1, -0.05) is 41.9 Å². The molecule has 164 valence electrons. The molecule has 32 heavy (non-hydrogen) atoms. The molecular weight excluding hydrogens is 436 g/mol. The first-order valence-corrected chi connectivity index (χ1v) is 10.1. The zero-order chi connectivity index (χ0) is 22.9. The van der Waals surface area contributed by atoms with E-state index in [4.69, 9.17) is 11.6 Å². The van der Waals surface area contributed by atoms with Crippen molar-refractivity contribution in [3.8, 4) is 5.69 Å². The standard InChI is InChI=1S/C21H19ClN6O4/c1-21(20(31)32,12-14-5-3-2-4-6-14)27-10-9-26(18(29)19(27)30)17-11-15(22)7-8-16(17)28-13-23-24-25-28/h2-8,11,13H,9-10,12H2,1H3,(H,31,32)/t21-/m1/s1. The summed E-state index contributed by atoms with van der Waals surface area (Å²) in [6, 6.07) is 13.8. The highest BCUT2D eigenvalue weighted by atomic mass is 35.5. The predicted molar refractivity (Wildman–Crippen MR) is 114 cm³/mol. The largest absolute Gasteiger partial charge is 0.479 e. The van der Waals surface area contributed by atoms with Crippen LogP contribution in [-0.4, -0.2) is 66.6 Å². The molecule has 1 fully saturated rings. The SMILES string of the molecule is C[C@@](Cc1ccccc1)(C(=O)O)N1CCN(c2cc(Cl)ccc2-n2cnnn2)C(=O)C1=O. The lowest BCUT2D eigenvalue weighted by atomic mass is 9.90. The van der Waals surface area contributed by atoms with Crippen LogP contribution in [0.3, 0.4) is 0 Å². The van der Waals surface area contributed by atoms with Crippen LogP contribution in [0.1, 0.15) is 12.5 Å². The van der Waals surface area contributed by atoms with Gasteiger partial charge in [-0.2, -0.15) is 4.68 Å². The Kier molecular flexibility index (Phi) is 5.62. The molecule has 0 spiro atoms. The molecule has 2 heterocycles. The summed E-state index contributed by atoms with van der Waals surface area (Å²) in [6.45, 7) is 1.56. The summed E-state index contributed by atoms with van der Waals surface area (Å²) in [6.07, 6.45) is 1.42. The summed E-state index contributed by atoms with van der Waals surface area (Å²) < 4.78 is 1.35.